The number of aliphatic hydroxyl groups is 1. The zero-order valence-electron chi connectivity index (χ0n) is 12.6. The molecule has 1 amide bonds. The SMILES string of the molecule is CCC(CC)C(=O)NCC(O)COc1ccccc1C. The van der Waals surface area contributed by atoms with Gasteiger partial charge in [-0.1, -0.05) is 32.0 Å². The van der Waals surface area contributed by atoms with Crippen LogP contribution in [0.4, 0.5) is 0 Å². The Morgan fingerprint density at radius 1 is 1.30 bits per heavy atom. The summed E-state index contributed by atoms with van der Waals surface area (Å²) < 4.78 is 5.54. The summed E-state index contributed by atoms with van der Waals surface area (Å²) in [5.41, 5.74) is 1.03. The minimum Gasteiger partial charge on any atom is -0.491 e. The third-order valence-corrected chi connectivity index (χ3v) is 3.39. The Morgan fingerprint density at radius 3 is 2.55 bits per heavy atom. The van der Waals surface area contributed by atoms with Crippen LogP contribution in [0.1, 0.15) is 32.3 Å². The van der Waals surface area contributed by atoms with Crippen LogP contribution in [-0.4, -0.2) is 30.3 Å². The van der Waals surface area contributed by atoms with Crippen molar-refractivity contribution in [2.45, 2.75) is 39.7 Å². The van der Waals surface area contributed by atoms with Gasteiger partial charge in [0.2, 0.25) is 5.91 Å². The molecule has 4 nitrogen and oxygen atoms in total. The fourth-order valence-corrected chi connectivity index (χ4v) is 1.99. The Kier molecular flexibility index (Phi) is 7.09. The van der Waals surface area contributed by atoms with Gasteiger partial charge in [-0.15, -0.1) is 0 Å². The second kappa shape index (κ2) is 8.59. The molecule has 4 heteroatoms. The molecule has 112 valence electrons. The Hall–Kier alpha value is -1.55. The number of nitrogens with one attached hydrogen (secondary N) is 1. The topological polar surface area (TPSA) is 58.6 Å². The molecule has 0 spiro atoms. The van der Waals surface area contributed by atoms with Crippen molar-refractivity contribution in [3.8, 4) is 5.75 Å². The average molecular weight is 279 g/mol. The van der Waals surface area contributed by atoms with E-state index in [2.05, 4.69) is 5.32 Å². The first-order chi connectivity index (χ1) is 9.58. The van der Waals surface area contributed by atoms with E-state index in [0.29, 0.717) is 0 Å². The standard InChI is InChI=1S/C16H25NO3/c1-4-13(5-2)16(19)17-10-14(18)11-20-15-9-7-6-8-12(15)3/h6-9,13-14,18H,4-5,10-11H2,1-3H3,(H,17,19). The lowest BCUT2D eigenvalue weighted by molar-refractivity contribution is -0.125. The van der Waals surface area contributed by atoms with E-state index in [9.17, 15) is 9.90 Å². The second-order valence-electron chi connectivity index (χ2n) is 4.99. The summed E-state index contributed by atoms with van der Waals surface area (Å²) in [6, 6.07) is 7.65. The summed E-state index contributed by atoms with van der Waals surface area (Å²) in [5.74, 6) is 0.794. The number of para-hydroxylation sites is 1. The maximum Gasteiger partial charge on any atom is 0.223 e. The van der Waals surface area contributed by atoms with Gasteiger partial charge in [-0.05, 0) is 31.4 Å². The maximum atomic E-state index is 11.8. The molecule has 20 heavy (non-hydrogen) atoms. The summed E-state index contributed by atoms with van der Waals surface area (Å²) in [5, 5.41) is 12.6. The summed E-state index contributed by atoms with van der Waals surface area (Å²) in [4.78, 5) is 11.8. The van der Waals surface area contributed by atoms with Crippen molar-refractivity contribution in [2.75, 3.05) is 13.2 Å². The van der Waals surface area contributed by atoms with Gasteiger partial charge in [0.1, 0.15) is 18.5 Å². The van der Waals surface area contributed by atoms with Crippen LogP contribution in [0, 0.1) is 12.8 Å². The molecule has 0 aliphatic rings. The van der Waals surface area contributed by atoms with Gasteiger partial charge in [0, 0.05) is 12.5 Å². The maximum absolute atomic E-state index is 11.8. The van der Waals surface area contributed by atoms with E-state index in [1.165, 1.54) is 0 Å². The number of carbonyl (C=O) groups is 1. The van der Waals surface area contributed by atoms with E-state index in [0.717, 1.165) is 24.2 Å². The minimum atomic E-state index is -0.701. The molecule has 1 atom stereocenters. The smallest absolute Gasteiger partial charge is 0.223 e. The summed E-state index contributed by atoms with van der Waals surface area (Å²) in [7, 11) is 0. The monoisotopic (exact) mass is 279 g/mol. The van der Waals surface area contributed by atoms with E-state index in [4.69, 9.17) is 4.74 Å². The van der Waals surface area contributed by atoms with Crippen LogP contribution >= 0.6 is 0 Å². The van der Waals surface area contributed by atoms with Crippen LogP contribution in [0.5, 0.6) is 5.75 Å². The van der Waals surface area contributed by atoms with Gasteiger partial charge in [-0.25, -0.2) is 0 Å². The van der Waals surface area contributed by atoms with Gasteiger partial charge < -0.3 is 15.2 Å². The van der Waals surface area contributed by atoms with Gasteiger partial charge in [-0.2, -0.15) is 0 Å². The number of hydrogen-bond donors (Lipinski definition) is 2. The normalized spacial score (nSPS) is 12.2. The molecule has 0 bridgehead atoms. The Morgan fingerprint density at radius 2 is 1.95 bits per heavy atom. The largest absolute Gasteiger partial charge is 0.491 e. The summed E-state index contributed by atoms with van der Waals surface area (Å²) in [6.07, 6.45) is 0.934. The number of aryl methyl sites for hydroxylation is 1. The van der Waals surface area contributed by atoms with Crippen LogP contribution in [0.2, 0.25) is 0 Å². The molecular weight excluding hydrogens is 254 g/mol. The zero-order chi connectivity index (χ0) is 15.0. The minimum absolute atomic E-state index is 0.00458. The van der Waals surface area contributed by atoms with Crippen molar-refractivity contribution in [3.63, 3.8) is 0 Å². The molecule has 0 fully saturated rings. The molecule has 0 heterocycles. The molecule has 0 saturated heterocycles. The molecule has 1 rings (SSSR count). The molecule has 1 aromatic rings. The van der Waals surface area contributed by atoms with Gasteiger partial charge in [0.15, 0.2) is 0 Å². The van der Waals surface area contributed by atoms with Gasteiger partial charge in [0.25, 0.3) is 0 Å². The average Bonchev–Trinajstić information content (AvgIpc) is 2.45. The summed E-state index contributed by atoms with van der Waals surface area (Å²) in [6.45, 7) is 6.34. The van der Waals surface area contributed by atoms with Gasteiger partial charge >= 0.3 is 0 Å². The van der Waals surface area contributed by atoms with Crippen molar-refractivity contribution >= 4 is 5.91 Å². The van der Waals surface area contributed by atoms with Crippen molar-refractivity contribution < 1.29 is 14.6 Å². The third-order valence-electron chi connectivity index (χ3n) is 3.39. The van der Waals surface area contributed by atoms with E-state index in [1.807, 2.05) is 45.0 Å². The van der Waals surface area contributed by atoms with Crippen molar-refractivity contribution in [3.05, 3.63) is 29.8 Å². The van der Waals surface area contributed by atoms with E-state index >= 15 is 0 Å². The lowest BCUT2D eigenvalue weighted by atomic mass is 10.0. The predicted molar refractivity (Wildman–Crippen MR) is 79.8 cm³/mol. The van der Waals surface area contributed by atoms with E-state index in [-0.39, 0.29) is 25.0 Å². The Balaban J connectivity index is 2.32. The molecule has 2 N–H and O–H groups in total. The zero-order valence-corrected chi connectivity index (χ0v) is 12.6. The Bertz CT molecular complexity index is 416. The molecule has 0 aliphatic heterocycles. The number of benzene rings is 1. The molecule has 0 radical (unpaired) electrons. The molecule has 0 aromatic heterocycles. The Labute approximate surface area is 121 Å². The van der Waals surface area contributed by atoms with Crippen molar-refractivity contribution in [1.82, 2.24) is 5.32 Å². The number of rotatable bonds is 8. The predicted octanol–water partition coefficient (Wildman–Crippen LogP) is 2.29. The van der Waals surface area contributed by atoms with Crippen LogP contribution in [0.15, 0.2) is 24.3 Å². The number of hydrogen-bond acceptors (Lipinski definition) is 3. The highest BCUT2D eigenvalue weighted by Crippen LogP contribution is 2.16. The molecule has 1 aromatic carbocycles. The van der Waals surface area contributed by atoms with Crippen molar-refractivity contribution in [2.24, 2.45) is 5.92 Å². The summed E-state index contributed by atoms with van der Waals surface area (Å²) >= 11 is 0. The molecule has 0 aliphatic carbocycles. The molecular formula is C16H25NO3. The highest BCUT2D eigenvalue weighted by Gasteiger charge is 2.15. The number of ether oxygens (including phenoxy) is 1. The van der Waals surface area contributed by atoms with Crippen molar-refractivity contribution in [1.29, 1.82) is 0 Å². The fourth-order valence-electron chi connectivity index (χ4n) is 1.99. The number of amides is 1. The quantitative estimate of drug-likeness (QED) is 0.767. The van der Waals surface area contributed by atoms with E-state index in [1.54, 1.807) is 0 Å². The number of aliphatic hydroxyl groups excluding tert-OH is 1. The van der Waals surface area contributed by atoms with Crippen LogP contribution < -0.4 is 10.1 Å². The van der Waals surface area contributed by atoms with Crippen LogP contribution in [0.3, 0.4) is 0 Å². The first-order valence-corrected chi connectivity index (χ1v) is 7.22. The second-order valence-corrected chi connectivity index (χ2v) is 4.99. The first-order valence-electron chi connectivity index (χ1n) is 7.22. The van der Waals surface area contributed by atoms with Gasteiger partial charge in [-0.3, -0.25) is 4.79 Å². The highest BCUT2D eigenvalue weighted by molar-refractivity contribution is 5.78. The van der Waals surface area contributed by atoms with Crippen LogP contribution in [-0.2, 0) is 4.79 Å². The lowest BCUT2D eigenvalue weighted by Gasteiger charge is -2.17. The van der Waals surface area contributed by atoms with E-state index < -0.39 is 6.10 Å². The molecule has 0 saturated carbocycles. The first kappa shape index (κ1) is 16.5. The van der Waals surface area contributed by atoms with Gasteiger partial charge in [0.05, 0.1) is 0 Å². The number of carbonyl (C=O) groups excluding carboxylic acids is 1. The molecule has 1 unspecified atom stereocenters. The van der Waals surface area contributed by atoms with Crippen LogP contribution in [0.25, 0.3) is 0 Å². The lowest BCUT2D eigenvalue weighted by Crippen LogP contribution is -2.38. The highest BCUT2D eigenvalue weighted by atomic mass is 16.5. The fraction of sp³-hybridized carbons (Fsp3) is 0.562. The third kappa shape index (κ3) is 5.21.